The predicted octanol–water partition coefficient (Wildman–Crippen LogP) is 4.02. The van der Waals surface area contributed by atoms with Crippen LogP contribution in [0.15, 0.2) is 36.4 Å². The van der Waals surface area contributed by atoms with E-state index in [2.05, 4.69) is 24.3 Å². The van der Waals surface area contributed by atoms with Crippen LogP contribution in [0.25, 0.3) is 10.8 Å². The normalized spacial score (nSPS) is 12.7. The van der Waals surface area contributed by atoms with E-state index in [4.69, 9.17) is 16.3 Å². The number of rotatable bonds is 3. The van der Waals surface area contributed by atoms with Gasteiger partial charge in [0.1, 0.15) is 5.75 Å². The van der Waals surface area contributed by atoms with E-state index in [0.29, 0.717) is 0 Å². The monoisotopic (exact) mass is 234 g/mol. The van der Waals surface area contributed by atoms with Crippen LogP contribution in [0.4, 0.5) is 0 Å². The highest BCUT2D eigenvalue weighted by atomic mass is 35.5. The Morgan fingerprint density at radius 1 is 1.12 bits per heavy atom. The van der Waals surface area contributed by atoms with E-state index < -0.39 is 0 Å². The summed E-state index contributed by atoms with van der Waals surface area (Å²) >= 11 is 5.99. The van der Waals surface area contributed by atoms with Crippen LogP contribution in [0, 0.1) is 0 Å². The molecule has 0 bridgehead atoms. The highest BCUT2D eigenvalue weighted by molar-refractivity contribution is 6.20. The Labute approximate surface area is 101 Å². The van der Waals surface area contributed by atoms with E-state index in [1.165, 1.54) is 16.3 Å². The van der Waals surface area contributed by atoms with E-state index in [9.17, 15) is 0 Å². The van der Waals surface area contributed by atoms with Gasteiger partial charge in [0.2, 0.25) is 0 Å². The number of alkyl halides is 1. The average Bonchev–Trinajstić information content (AvgIpc) is 2.27. The van der Waals surface area contributed by atoms with Gasteiger partial charge in [0.25, 0.3) is 0 Å². The van der Waals surface area contributed by atoms with Crippen LogP contribution < -0.4 is 4.74 Å². The minimum atomic E-state index is 0.177. The molecule has 0 N–H and O–H groups in total. The van der Waals surface area contributed by atoms with E-state index >= 15 is 0 Å². The first-order chi connectivity index (χ1) is 7.69. The van der Waals surface area contributed by atoms with Gasteiger partial charge in [-0.05, 0) is 41.8 Å². The first-order valence-electron chi connectivity index (χ1n) is 5.40. The maximum Gasteiger partial charge on any atom is 0.119 e. The van der Waals surface area contributed by atoms with Gasteiger partial charge in [0.15, 0.2) is 0 Å². The summed E-state index contributed by atoms with van der Waals surface area (Å²) in [4.78, 5) is 0. The molecule has 2 heteroatoms. The van der Waals surface area contributed by atoms with Crippen molar-refractivity contribution in [3.8, 4) is 5.75 Å². The fourth-order valence-corrected chi connectivity index (χ4v) is 2.03. The van der Waals surface area contributed by atoms with Crippen LogP contribution in [-0.2, 0) is 6.42 Å². The Hall–Kier alpha value is -1.21. The lowest BCUT2D eigenvalue weighted by Gasteiger charge is -2.06. The molecule has 0 radical (unpaired) electrons. The molecule has 0 fully saturated rings. The second-order valence-corrected chi connectivity index (χ2v) is 4.78. The second-order valence-electron chi connectivity index (χ2n) is 4.03. The van der Waals surface area contributed by atoms with Gasteiger partial charge < -0.3 is 4.74 Å². The molecule has 0 amide bonds. The fourth-order valence-electron chi connectivity index (χ4n) is 1.85. The van der Waals surface area contributed by atoms with Crippen molar-refractivity contribution in [1.29, 1.82) is 0 Å². The molecule has 1 nitrogen and oxygen atoms in total. The standard InChI is InChI=1S/C14H15ClO/c1-10(15)7-11-3-4-13-9-14(16-2)6-5-12(13)8-11/h3-6,8-10H,7H2,1-2H3/t10-/m1/s1. The zero-order chi connectivity index (χ0) is 11.5. The summed E-state index contributed by atoms with van der Waals surface area (Å²) in [5.41, 5.74) is 1.28. The van der Waals surface area contributed by atoms with Crippen molar-refractivity contribution in [2.45, 2.75) is 18.7 Å². The maximum atomic E-state index is 5.99. The number of fused-ring (bicyclic) bond motifs is 1. The molecule has 0 aliphatic rings. The van der Waals surface area contributed by atoms with Gasteiger partial charge in [0, 0.05) is 5.38 Å². The first kappa shape index (κ1) is 11.3. The SMILES string of the molecule is COc1ccc2cc(C[C@@H](C)Cl)ccc2c1. The van der Waals surface area contributed by atoms with Gasteiger partial charge in [0.05, 0.1) is 7.11 Å². The number of methoxy groups -OCH3 is 1. The van der Waals surface area contributed by atoms with Crippen molar-refractivity contribution >= 4 is 22.4 Å². The van der Waals surface area contributed by atoms with E-state index in [0.717, 1.165) is 12.2 Å². The summed E-state index contributed by atoms with van der Waals surface area (Å²) in [6.07, 6.45) is 0.906. The third-order valence-corrected chi connectivity index (χ3v) is 2.78. The van der Waals surface area contributed by atoms with Crippen LogP contribution in [0.3, 0.4) is 0 Å². The van der Waals surface area contributed by atoms with Crippen molar-refractivity contribution in [2.75, 3.05) is 7.11 Å². The Kier molecular flexibility index (Phi) is 3.35. The van der Waals surface area contributed by atoms with Gasteiger partial charge in [-0.3, -0.25) is 0 Å². The number of hydrogen-bond acceptors (Lipinski definition) is 1. The molecular formula is C14H15ClO. The van der Waals surface area contributed by atoms with Gasteiger partial charge in [-0.25, -0.2) is 0 Å². The summed E-state index contributed by atoms with van der Waals surface area (Å²) in [5, 5.41) is 2.61. The number of benzene rings is 2. The third-order valence-electron chi connectivity index (χ3n) is 2.63. The van der Waals surface area contributed by atoms with Crippen molar-refractivity contribution < 1.29 is 4.74 Å². The van der Waals surface area contributed by atoms with Crippen molar-refractivity contribution in [3.05, 3.63) is 42.0 Å². The second kappa shape index (κ2) is 4.75. The van der Waals surface area contributed by atoms with Gasteiger partial charge in [-0.1, -0.05) is 24.3 Å². The number of halogens is 1. The molecule has 0 spiro atoms. The minimum absolute atomic E-state index is 0.177. The average molecular weight is 235 g/mol. The molecule has 0 saturated carbocycles. The first-order valence-corrected chi connectivity index (χ1v) is 5.83. The number of hydrogen-bond donors (Lipinski definition) is 0. The lowest BCUT2D eigenvalue weighted by Crippen LogP contribution is -1.96. The molecule has 0 heterocycles. The lowest BCUT2D eigenvalue weighted by atomic mass is 10.0. The molecule has 0 aliphatic carbocycles. The summed E-state index contributed by atoms with van der Waals surface area (Å²) < 4.78 is 5.20. The van der Waals surface area contributed by atoms with E-state index in [1.54, 1.807) is 7.11 Å². The molecular weight excluding hydrogens is 220 g/mol. The largest absolute Gasteiger partial charge is 0.497 e. The minimum Gasteiger partial charge on any atom is -0.497 e. The highest BCUT2D eigenvalue weighted by Gasteiger charge is 2.01. The van der Waals surface area contributed by atoms with Crippen molar-refractivity contribution in [3.63, 3.8) is 0 Å². The molecule has 16 heavy (non-hydrogen) atoms. The van der Waals surface area contributed by atoms with Crippen LogP contribution in [0.2, 0.25) is 0 Å². The number of ether oxygens (including phenoxy) is 1. The van der Waals surface area contributed by atoms with Crippen LogP contribution in [-0.4, -0.2) is 12.5 Å². The van der Waals surface area contributed by atoms with E-state index in [-0.39, 0.29) is 5.38 Å². The molecule has 0 aliphatic heterocycles. The third kappa shape index (κ3) is 2.48. The van der Waals surface area contributed by atoms with E-state index in [1.807, 2.05) is 19.1 Å². The van der Waals surface area contributed by atoms with Crippen LogP contribution in [0.5, 0.6) is 5.75 Å². The molecule has 84 valence electrons. The molecule has 0 saturated heterocycles. The smallest absolute Gasteiger partial charge is 0.119 e. The van der Waals surface area contributed by atoms with Crippen molar-refractivity contribution in [2.24, 2.45) is 0 Å². The Morgan fingerprint density at radius 3 is 2.50 bits per heavy atom. The van der Waals surface area contributed by atoms with Gasteiger partial charge >= 0.3 is 0 Å². The van der Waals surface area contributed by atoms with Crippen LogP contribution >= 0.6 is 11.6 Å². The summed E-state index contributed by atoms with van der Waals surface area (Å²) in [7, 11) is 1.69. The molecule has 1 atom stereocenters. The summed E-state index contributed by atoms with van der Waals surface area (Å²) in [5.74, 6) is 0.894. The van der Waals surface area contributed by atoms with Gasteiger partial charge in [-0.2, -0.15) is 0 Å². The Morgan fingerprint density at radius 2 is 1.81 bits per heavy atom. The van der Waals surface area contributed by atoms with Gasteiger partial charge in [-0.15, -0.1) is 11.6 Å². The Bertz CT molecular complexity index is 491. The van der Waals surface area contributed by atoms with Crippen molar-refractivity contribution in [1.82, 2.24) is 0 Å². The highest BCUT2D eigenvalue weighted by Crippen LogP contribution is 2.22. The summed E-state index contributed by atoms with van der Waals surface area (Å²) in [6, 6.07) is 12.5. The lowest BCUT2D eigenvalue weighted by molar-refractivity contribution is 0.415. The zero-order valence-corrected chi connectivity index (χ0v) is 10.3. The van der Waals surface area contributed by atoms with Crippen LogP contribution in [0.1, 0.15) is 12.5 Å². The zero-order valence-electron chi connectivity index (χ0n) is 9.53. The molecule has 2 aromatic carbocycles. The molecule has 0 aromatic heterocycles. The molecule has 0 unspecified atom stereocenters. The molecule has 2 rings (SSSR count). The quantitative estimate of drug-likeness (QED) is 0.729. The maximum absolute atomic E-state index is 5.99. The Balaban J connectivity index is 2.39. The fraction of sp³-hybridized carbons (Fsp3) is 0.286. The molecule has 2 aromatic rings. The topological polar surface area (TPSA) is 9.23 Å². The predicted molar refractivity (Wildman–Crippen MR) is 69.5 cm³/mol. The summed E-state index contributed by atoms with van der Waals surface area (Å²) in [6.45, 7) is 2.01.